The number of alkyl halides is 2. The molecule has 1 N–H and O–H groups in total. The van der Waals surface area contributed by atoms with Crippen LogP contribution in [-0.2, 0) is 25.5 Å². The number of nitrogens with zero attached hydrogens (tertiary/aromatic N) is 1. The molecule has 8 nitrogen and oxygen atoms in total. The van der Waals surface area contributed by atoms with Gasteiger partial charge in [0.15, 0.2) is 11.7 Å². The van der Waals surface area contributed by atoms with Crippen molar-refractivity contribution in [3.63, 3.8) is 0 Å². The Morgan fingerprint density at radius 2 is 2.04 bits per heavy atom. The molecule has 0 atom stereocenters. The van der Waals surface area contributed by atoms with Gasteiger partial charge < -0.3 is 14.2 Å². The second-order valence-electron chi connectivity index (χ2n) is 5.16. The molecule has 0 fully saturated rings. The van der Waals surface area contributed by atoms with Crippen LogP contribution in [0, 0.1) is 0 Å². The Morgan fingerprint density at radius 3 is 2.75 bits per heavy atom. The first-order valence-corrected chi connectivity index (χ1v) is 8.87. The number of rotatable bonds is 9. The molecule has 2 rings (SSSR count). The second-order valence-corrected chi connectivity index (χ2v) is 6.01. The molecule has 0 unspecified atom stereocenters. The summed E-state index contributed by atoms with van der Waals surface area (Å²) in [5.74, 6) is -2.16. The van der Waals surface area contributed by atoms with E-state index in [1.54, 1.807) is 12.3 Å². The highest BCUT2D eigenvalue weighted by atomic mass is 32.1. The average Bonchev–Trinajstić information content (AvgIpc) is 3.06. The fourth-order valence-corrected chi connectivity index (χ4v) is 2.70. The first kappa shape index (κ1) is 21.2. The Labute approximate surface area is 162 Å². The monoisotopic (exact) mass is 414 g/mol. The van der Waals surface area contributed by atoms with Crippen LogP contribution in [0.2, 0.25) is 0 Å². The third kappa shape index (κ3) is 6.91. The van der Waals surface area contributed by atoms with Gasteiger partial charge in [-0.1, -0.05) is 6.07 Å². The molecule has 0 bridgehead atoms. The Bertz CT molecular complexity index is 843. The number of anilines is 1. The molecule has 1 heterocycles. The van der Waals surface area contributed by atoms with Gasteiger partial charge in [0, 0.05) is 5.38 Å². The SMILES string of the molecule is CCOC(=O)Cc1csc(NC(=O)COC(=O)c2cccc(OC(F)F)c2)n1. The van der Waals surface area contributed by atoms with Crippen molar-refractivity contribution in [2.45, 2.75) is 20.0 Å². The van der Waals surface area contributed by atoms with Crippen LogP contribution in [0.1, 0.15) is 23.0 Å². The molecule has 0 saturated heterocycles. The van der Waals surface area contributed by atoms with Gasteiger partial charge in [0.05, 0.1) is 24.3 Å². The number of hydrogen-bond donors (Lipinski definition) is 1. The largest absolute Gasteiger partial charge is 0.466 e. The van der Waals surface area contributed by atoms with Crippen LogP contribution in [0.3, 0.4) is 0 Å². The number of esters is 2. The summed E-state index contributed by atoms with van der Waals surface area (Å²) < 4.78 is 38.2. The number of carbonyl (C=O) groups excluding carboxylic acids is 3. The van der Waals surface area contributed by atoms with Gasteiger partial charge in [0.25, 0.3) is 5.91 Å². The van der Waals surface area contributed by atoms with Crippen LogP contribution in [0.5, 0.6) is 5.75 Å². The molecule has 1 aromatic heterocycles. The van der Waals surface area contributed by atoms with Crippen molar-refractivity contribution in [3.05, 3.63) is 40.9 Å². The van der Waals surface area contributed by atoms with Crippen molar-refractivity contribution in [2.24, 2.45) is 0 Å². The van der Waals surface area contributed by atoms with Crippen LogP contribution in [-0.4, -0.2) is 42.7 Å². The van der Waals surface area contributed by atoms with E-state index in [9.17, 15) is 23.2 Å². The first-order chi connectivity index (χ1) is 13.4. The molecule has 0 radical (unpaired) electrons. The standard InChI is InChI=1S/C17H16F2N2O6S/c1-2-25-14(23)7-11-9-28-17(20-11)21-13(22)8-26-15(24)10-4-3-5-12(6-10)27-16(18)19/h3-6,9,16H,2,7-8H2,1H3,(H,20,21,22). The predicted octanol–water partition coefficient (Wildman–Crippen LogP) is 2.65. The molecule has 28 heavy (non-hydrogen) atoms. The number of hydrogen-bond acceptors (Lipinski definition) is 8. The molecule has 1 aromatic carbocycles. The summed E-state index contributed by atoms with van der Waals surface area (Å²) >= 11 is 1.10. The molecule has 0 spiro atoms. The van der Waals surface area contributed by atoms with E-state index in [2.05, 4.69) is 15.0 Å². The van der Waals surface area contributed by atoms with Crippen LogP contribution >= 0.6 is 11.3 Å². The average molecular weight is 414 g/mol. The quantitative estimate of drug-likeness (QED) is 0.629. The van der Waals surface area contributed by atoms with Gasteiger partial charge in [-0.25, -0.2) is 9.78 Å². The lowest BCUT2D eigenvalue weighted by Gasteiger charge is -2.07. The third-order valence-corrected chi connectivity index (χ3v) is 3.86. The lowest BCUT2D eigenvalue weighted by Crippen LogP contribution is -2.21. The van der Waals surface area contributed by atoms with Crippen LogP contribution in [0.15, 0.2) is 29.6 Å². The van der Waals surface area contributed by atoms with Gasteiger partial charge in [-0.2, -0.15) is 8.78 Å². The zero-order chi connectivity index (χ0) is 20.5. The molecule has 0 aliphatic carbocycles. The Hall–Kier alpha value is -3.08. The van der Waals surface area contributed by atoms with E-state index in [1.165, 1.54) is 18.2 Å². The highest BCUT2D eigenvalue weighted by Crippen LogP contribution is 2.17. The molecule has 1 amide bonds. The number of aromatic nitrogens is 1. The first-order valence-electron chi connectivity index (χ1n) is 7.99. The summed E-state index contributed by atoms with van der Waals surface area (Å²) in [5, 5.41) is 4.25. The topological polar surface area (TPSA) is 104 Å². The Kier molecular flexibility index (Phi) is 7.81. The molecular weight excluding hydrogens is 398 g/mol. The van der Waals surface area contributed by atoms with Gasteiger partial charge in [-0.05, 0) is 25.1 Å². The lowest BCUT2D eigenvalue weighted by molar-refractivity contribution is -0.142. The minimum Gasteiger partial charge on any atom is -0.466 e. The number of ether oxygens (including phenoxy) is 3. The zero-order valence-corrected chi connectivity index (χ0v) is 15.5. The molecule has 0 saturated carbocycles. The van der Waals surface area contributed by atoms with Crippen molar-refractivity contribution in [3.8, 4) is 5.75 Å². The summed E-state index contributed by atoms with van der Waals surface area (Å²) in [4.78, 5) is 39.2. The van der Waals surface area contributed by atoms with Crippen LogP contribution in [0.25, 0.3) is 0 Å². The highest BCUT2D eigenvalue weighted by molar-refractivity contribution is 7.13. The number of nitrogens with one attached hydrogen (secondary N) is 1. The van der Waals surface area contributed by atoms with Gasteiger partial charge in [0.1, 0.15) is 5.75 Å². The van der Waals surface area contributed by atoms with E-state index < -0.39 is 31.1 Å². The maximum Gasteiger partial charge on any atom is 0.387 e. The molecule has 2 aromatic rings. The third-order valence-electron chi connectivity index (χ3n) is 3.06. The summed E-state index contributed by atoms with van der Waals surface area (Å²) in [7, 11) is 0. The number of benzene rings is 1. The second kappa shape index (κ2) is 10.3. The molecule has 150 valence electrons. The van der Waals surface area contributed by atoms with Crippen LogP contribution < -0.4 is 10.1 Å². The van der Waals surface area contributed by atoms with Gasteiger partial charge >= 0.3 is 18.6 Å². The van der Waals surface area contributed by atoms with E-state index >= 15 is 0 Å². The minimum absolute atomic E-state index is 0.0216. The van der Waals surface area contributed by atoms with Gasteiger partial charge in [-0.15, -0.1) is 11.3 Å². The maximum absolute atomic E-state index is 12.2. The maximum atomic E-state index is 12.2. The lowest BCUT2D eigenvalue weighted by atomic mass is 10.2. The van der Waals surface area contributed by atoms with E-state index in [1.807, 2.05) is 0 Å². The molecule has 0 aliphatic heterocycles. The van der Waals surface area contributed by atoms with E-state index in [4.69, 9.17) is 9.47 Å². The number of halogens is 2. The molecular formula is C17H16F2N2O6S. The fraction of sp³-hybridized carbons (Fsp3) is 0.294. The number of carbonyl (C=O) groups is 3. The van der Waals surface area contributed by atoms with E-state index in [-0.39, 0.29) is 29.5 Å². The predicted molar refractivity (Wildman–Crippen MR) is 94.4 cm³/mol. The highest BCUT2D eigenvalue weighted by Gasteiger charge is 2.14. The van der Waals surface area contributed by atoms with Gasteiger partial charge in [0.2, 0.25) is 0 Å². The van der Waals surface area contributed by atoms with Crippen molar-refractivity contribution in [1.29, 1.82) is 0 Å². The van der Waals surface area contributed by atoms with Crippen molar-refractivity contribution in [1.82, 2.24) is 4.98 Å². The summed E-state index contributed by atoms with van der Waals surface area (Å²) in [6.45, 7) is -1.68. The normalized spacial score (nSPS) is 10.4. The summed E-state index contributed by atoms with van der Waals surface area (Å²) in [6.07, 6.45) is -0.0216. The van der Waals surface area contributed by atoms with E-state index in [0.29, 0.717) is 5.69 Å². The Balaban J connectivity index is 1.83. The van der Waals surface area contributed by atoms with Gasteiger partial charge in [-0.3, -0.25) is 14.9 Å². The summed E-state index contributed by atoms with van der Waals surface area (Å²) in [5.41, 5.74) is 0.392. The fourth-order valence-electron chi connectivity index (χ4n) is 1.97. The van der Waals surface area contributed by atoms with Crippen molar-refractivity contribution in [2.75, 3.05) is 18.5 Å². The van der Waals surface area contributed by atoms with Crippen molar-refractivity contribution < 1.29 is 37.4 Å². The Morgan fingerprint density at radius 1 is 1.25 bits per heavy atom. The molecule has 11 heteroatoms. The van der Waals surface area contributed by atoms with Crippen molar-refractivity contribution >= 4 is 34.3 Å². The molecule has 0 aliphatic rings. The smallest absolute Gasteiger partial charge is 0.387 e. The number of amides is 1. The van der Waals surface area contributed by atoms with E-state index in [0.717, 1.165) is 17.4 Å². The minimum atomic E-state index is -3.02. The number of thiazole rings is 1. The van der Waals surface area contributed by atoms with Crippen LogP contribution in [0.4, 0.5) is 13.9 Å². The summed E-state index contributed by atoms with van der Waals surface area (Å²) in [6, 6.07) is 5.01. The zero-order valence-electron chi connectivity index (χ0n) is 14.6.